The highest BCUT2D eigenvalue weighted by Crippen LogP contribution is 2.32. The Bertz CT molecular complexity index is 789. The van der Waals surface area contributed by atoms with Crippen LogP contribution in [0.5, 0.6) is 0 Å². The summed E-state index contributed by atoms with van der Waals surface area (Å²) in [6.07, 6.45) is 2.97. The third kappa shape index (κ3) is 3.85. The van der Waals surface area contributed by atoms with E-state index in [0.717, 1.165) is 17.9 Å². The van der Waals surface area contributed by atoms with Crippen LogP contribution in [0.25, 0.3) is 0 Å². The fraction of sp³-hybridized carbons (Fsp3) is 0.471. The Morgan fingerprint density at radius 3 is 2.78 bits per heavy atom. The van der Waals surface area contributed by atoms with Gasteiger partial charge in [-0.3, -0.25) is 4.90 Å². The van der Waals surface area contributed by atoms with Crippen LogP contribution in [-0.4, -0.2) is 58.3 Å². The summed E-state index contributed by atoms with van der Waals surface area (Å²) in [5, 5.41) is 7.53. The Morgan fingerprint density at radius 1 is 1.22 bits per heavy atom. The van der Waals surface area contributed by atoms with E-state index in [1.165, 1.54) is 23.2 Å². The second-order valence-electron chi connectivity index (χ2n) is 6.45. The quantitative estimate of drug-likeness (QED) is 0.793. The maximum atomic E-state index is 14.7. The predicted molar refractivity (Wildman–Crippen MR) is 98.2 cm³/mol. The largest absolute Gasteiger partial charge is 0.442 e. The van der Waals surface area contributed by atoms with Gasteiger partial charge in [0.2, 0.25) is 0 Å². The Hall–Kier alpha value is -2.36. The number of ether oxygens (including phenoxy) is 1. The SMILES string of the molecule is O=C1OC(Cn2ccnn2)CN1c1cc(F)c(N2CCCSCC2)c(F)c1. The van der Waals surface area contributed by atoms with Gasteiger partial charge in [0.25, 0.3) is 0 Å². The third-order valence-corrected chi connectivity index (χ3v) is 5.64. The van der Waals surface area contributed by atoms with Gasteiger partial charge in [0.05, 0.1) is 25.0 Å². The predicted octanol–water partition coefficient (Wildman–Crippen LogP) is 2.53. The Kier molecular flexibility index (Phi) is 5.15. The van der Waals surface area contributed by atoms with Gasteiger partial charge in [0.15, 0.2) is 11.6 Å². The van der Waals surface area contributed by atoms with Crippen LogP contribution in [0.2, 0.25) is 0 Å². The summed E-state index contributed by atoms with van der Waals surface area (Å²) >= 11 is 1.78. The summed E-state index contributed by atoms with van der Waals surface area (Å²) in [6.45, 7) is 1.74. The first-order valence-corrected chi connectivity index (χ1v) is 9.91. The van der Waals surface area contributed by atoms with E-state index in [1.54, 1.807) is 27.5 Å². The molecule has 0 N–H and O–H groups in total. The fourth-order valence-electron chi connectivity index (χ4n) is 3.35. The zero-order valence-electron chi connectivity index (χ0n) is 14.6. The lowest BCUT2D eigenvalue weighted by molar-refractivity contribution is 0.129. The summed E-state index contributed by atoms with van der Waals surface area (Å²) < 4.78 is 36.3. The number of aromatic nitrogens is 3. The first kappa shape index (κ1) is 18.0. The molecule has 3 heterocycles. The minimum absolute atomic E-state index is 0.0204. The van der Waals surface area contributed by atoms with Gasteiger partial charge in [-0.15, -0.1) is 5.10 Å². The van der Waals surface area contributed by atoms with E-state index in [9.17, 15) is 13.6 Å². The van der Waals surface area contributed by atoms with Crippen molar-refractivity contribution in [3.05, 3.63) is 36.2 Å². The average Bonchev–Trinajstić information content (AvgIpc) is 3.18. The van der Waals surface area contributed by atoms with Gasteiger partial charge in [0, 0.05) is 37.2 Å². The van der Waals surface area contributed by atoms with Gasteiger partial charge in [0.1, 0.15) is 11.8 Å². The number of benzene rings is 1. The molecule has 2 saturated heterocycles. The maximum absolute atomic E-state index is 14.7. The Labute approximate surface area is 159 Å². The molecular weight excluding hydrogens is 376 g/mol. The maximum Gasteiger partial charge on any atom is 0.414 e. The number of thioether (sulfide) groups is 1. The molecule has 7 nitrogen and oxygen atoms in total. The van der Waals surface area contributed by atoms with Crippen LogP contribution in [0.4, 0.5) is 25.0 Å². The van der Waals surface area contributed by atoms with E-state index in [-0.39, 0.29) is 17.9 Å². The molecule has 2 fully saturated rings. The number of cyclic esters (lactones) is 1. The Morgan fingerprint density at radius 2 is 2.04 bits per heavy atom. The summed E-state index contributed by atoms with van der Waals surface area (Å²) in [4.78, 5) is 15.2. The van der Waals surface area contributed by atoms with Gasteiger partial charge >= 0.3 is 6.09 Å². The summed E-state index contributed by atoms with van der Waals surface area (Å²) in [5.41, 5.74) is 0.136. The molecular formula is C17H19F2N5O2S. The van der Waals surface area contributed by atoms with Gasteiger partial charge in [-0.1, -0.05) is 5.21 Å². The number of hydrogen-bond acceptors (Lipinski definition) is 6. The molecule has 144 valence electrons. The van der Waals surface area contributed by atoms with Crippen molar-refractivity contribution < 1.29 is 18.3 Å². The summed E-state index contributed by atoms with van der Waals surface area (Å²) in [7, 11) is 0. The number of rotatable bonds is 4. The third-order valence-electron chi connectivity index (χ3n) is 4.59. The second-order valence-corrected chi connectivity index (χ2v) is 7.68. The molecule has 0 bridgehead atoms. The lowest BCUT2D eigenvalue weighted by Crippen LogP contribution is -2.29. The van der Waals surface area contributed by atoms with Crippen molar-refractivity contribution in [2.24, 2.45) is 0 Å². The standard InChI is InChI=1S/C17H19F2N5O2S/c18-14-8-12(9-15(19)16(14)22-3-1-6-27-7-5-22)24-11-13(26-17(24)25)10-23-4-2-20-21-23/h2,4,8-9,13H,1,3,5-7,10-11H2. The van der Waals surface area contributed by atoms with Crippen molar-refractivity contribution in [2.75, 3.05) is 40.9 Å². The molecule has 1 atom stereocenters. The molecule has 1 aromatic heterocycles. The minimum atomic E-state index is -0.663. The van der Waals surface area contributed by atoms with Crippen LogP contribution < -0.4 is 9.80 Å². The van der Waals surface area contributed by atoms with Crippen LogP contribution in [0.1, 0.15) is 6.42 Å². The molecule has 1 amide bonds. The summed E-state index contributed by atoms with van der Waals surface area (Å²) in [6, 6.07) is 2.41. The molecule has 2 aliphatic heterocycles. The van der Waals surface area contributed by atoms with E-state index >= 15 is 0 Å². The number of hydrogen-bond donors (Lipinski definition) is 0. The van der Waals surface area contributed by atoms with Crippen LogP contribution >= 0.6 is 11.8 Å². The second kappa shape index (κ2) is 7.71. The zero-order chi connectivity index (χ0) is 18.8. The topological polar surface area (TPSA) is 63.5 Å². The highest BCUT2D eigenvalue weighted by atomic mass is 32.2. The van der Waals surface area contributed by atoms with Gasteiger partial charge in [-0.25, -0.2) is 18.3 Å². The highest BCUT2D eigenvalue weighted by molar-refractivity contribution is 7.99. The van der Waals surface area contributed by atoms with E-state index in [1.807, 2.05) is 0 Å². The fourth-order valence-corrected chi connectivity index (χ4v) is 4.23. The molecule has 0 spiro atoms. The van der Waals surface area contributed by atoms with Crippen LogP contribution in [0.15, 0.2) is 24.5 Å². The minimum Gasteiger partial charge on any atom is -0.442 e. The molecule has 0 aliphatic carbocycles. The zero-order valence-corrected chi connectivity index (χ0v) is 15.4. The van der Waals surface area contributed by atoms with Crippen molar-refractivity contribution in [2.45, 2.75) is 19.1 Å². The number of nitrogens with zero attached hydrogens (tertiary/aromatic N) is 5. The van der Waals surface area contributed by atoms with Gasteiger partial charge in [-0.2, -0.15) is 11.8 Å². The van der Waals surface area contributed by atoms with E-state index in [4.69, 9.17) is 4.74 Å². The first-order chi connectivity index (χ1) is 13.1. The number of carbonyl (C=O) groups is 1. The van der Waals surface area contributed by atoms with Crippen molar-refractivity contribution in [1.82, 2.24) is 15.0 Å². The smallest absolute Gasteiger partial charge is 0.414 e. The van der Waals surface area contributed by atoms with Crippen molar-refractivity contribution in [3.63, 3.8) is 0 Å². The molecule has 27 heavy (non-hydrogen) atoms. The number of amides is 1. The van der Waals surface area contributed by atoms with Gasteiger partial charge < -0.3 is 9.64 Å². The molecule has 2 aliphatic rings. The monoisotopic (exact) mass is 395 g/mol. The molecule has 2 aromatic rings. The number of anilines is 2. The number of halogens is 2. The Balaban J connectivity index is 1.53. The van der Waals surface area contributed by atoms with Crippen LogP contribution in [0.3, 0.4) is 0 Å². The highest BCUT2D eigenvalue weighted by Gasteiger charge is 2.34. The lowest BCUT2D eigenvalue weighted by Gasteiger charge is -2.24. The van der Waals surface area contributed by atoms with Crippen LogP contribution in [0, 0.1) is 11.6 Å². The lowest BCUT2D eigenvalue weighted by atomic mass is 10.2. The van der Waals surface area contributed by atoms with Gasteiger partial charge in [-0.05, 0) is 12.2 Å². The van der Waals surface area contributed by atoms with E-state index < -0.39 is 23.8 Å². The van der Waals surface area contributed by atoms with Crippen molar-refractivity contribution in [1.29, 1.82) is 0 Å². The molecule has 1 aromatic carbocycles. The molecule has 0 saturated carbocycles. The van der Waals surface area contributed by atoms with Crippen molar-refractivity contribution in [3.8, 4) is 0 Å². The molecule has 1 unspecified atom stereocenters. The van der Waals surface area contributed by atoms with Crippen molar-refractivity contribution >= 4 is 29.2 Å². The first-order valence-electron chi connectivity index (χ1n) is 8.76. The average molecular weight is 395 g/mol. The molecule has 0 radical (unpaired) electrons. The molecule has 4 rings (SSSR count). The van der Waals surface area contributed by atoms with E-state index in [0.29, 0.717) is 19.6 Å². The summed E-state index contributed by atoms with van der Waals surface area (Å²) in [5.74, 6) is 0.502. The van der Waals surface area contributed by atoms with Crippen LogP contribution in [-0.2, 0) is 11.3 Å². The molecule has 10 heteroatoms. The van der Waals surface area contributed by atoms with E-state index in [2.05, 4.69) is 10.3 Å². The normalized spacial score (nSPS) is 20.7. The number of carbonyl (C=O) groups excluding carboxylic acids is 1.